The molecule has 2 aromatic carbocycles. The van der Waals surface area contributed by atoms with E-state index in [1.165, 1.54) is 0 Å². The zero-order valence-electron chi connectivity index (χ0n) is 11.2. The van der Waals surface area contributed by atoms with Crippen molar-refractivity contribution in [2.24, 2.45) is 0 Å². The van der Waals surface area contributed by atoms with Gasteiger partial charge in [-0.1, -0.05) is 41.4 Å². The van der Waals surface area contributed by atoms with Gasteiger partial charge in [0.25, 0.3) is 0 Å². The number of hydrogen-bond donors (Lipinski definition) is 2. The van der Waals surface area contributed by atoms with Crippen LogP contribution in [0.5, 0.6) is 0 Å². The largest absolute Gasteiger partial charge is 0.461 e. The van der Waals surface area contributed by atoms with Crippen molar-refractivity contribution >= 4 is 40.4 Å². The van der Waals surface area contributed by atoms with Crippen molar-refractivity contribution in [3.8, 4) is 0 Å². The van der Waals surface area contributed by atoms with Crippen LogP contribution in [-0.2, 0) is 9.53 Å². The average molecular weight is 333 g/mol. The van der Waals surface area contributed by atoms with Crippen molar-refractivity contribution in [3.05, 3.63) is 69.7 Å². The van der Waals surface area contributed by atoms with Crippen LogP contribution in [0, 0.1) is 0 Å². The molecular formula is C16H10Cl2N2O2. The van der Waals surface area contributed by atoms with Gasteiger partial charge in [-0.25, -0.2) is 0 Å². The van der Waals surface area contributed by atoms with E-state index in [1.54, 1.807) is 24.3 Å². The summed E-state index contributed by atoms with van der Waals surface area (Å²) in [6.45, 7) is 0. The molecule has 0 amide bonds. The van der Waals surface area contributed by atoms with Crippen LogP contribution < -0.4 is 10.6 Å². The number of benzene rings is 2. The van der Waals surface area contributed by atoms with Crippen LogP contribution in [0.1, 0.15) is 11.7 Å². The number of ketones is 1. The maximum Gasteiger partial charge on any atom is 0.229 e. The van der Waals surface area contributed by atoms with E-state index < -0.39 is 6.10 Å². The number of hydrogen-bond acceptors (Lipinski definition) is 4. The molecule has 2 heterocycles. The van der Waals surface area contributed by atoms with Gasteiger partial charge < -0.3 is 15.4 Å². The Balaban J connectivity index is 1.69. The van der Waals surface area contributed by atoms with Gasteiger partial charge in [0, 0.05) is 15.6 Å². The molecule has 0 spiro atoms. The number of anilines is 2. The molecule has 2 aromatic rings. The van der Waals surface area contributed by atoms with Gasteiger partial charge in [-0.2, -0.15) is 0 Å². The van der Waals surface area contributed by atoms with Gasteiger partial charge in [0.15, 0.2) is 6.10 Å². The minimum absolute atomic E-state index is 0.156. The molecule has 1 atom stereocenters. The van der Waals surface area contributed by atoms with Gasteiger partial charge in [0.2, 0.25) is 11.7 Å². The van der Waals surface area contributed by atoms with Crippen LogP contribution in [-0.4, -0.2) is 5.78 Å². The summed E-state index contributed by atoms with van der Waals surface area (Å²) >= 11 is 12.2. The van der Waals surface area contributed by atoms with Crippen LogP contribution in [0.15, 0.2) is 54.0 Å². The Morgan fingerprint density at radius 3 is 2.64 bits per heavy atom. The molecule has 110 valence electrons. The Labute approximate surface area is 136 Å². The summed E-state index contributed by atoms with van der Waals surface area (Å²) in [4.78, 5) is 12.6. The molecule has 0 fully saturated rings. The topological polar surface area (TPSA) is 50.4 Å². The fourth-order valence-corrected chi connectivity index (χ4v) is 2.97. The van der Waals surface area contributed by atoms with Gasteiger partial charge in [-0.3, -0.25) is 4.79 Å². The van der Waals surface area contributed by atoms with Crippen LogP contribution >= 0.6 is 23.2 Å². The van der Waals surface area contributed by atoms with Crippen LogP contribution in [0.25, 0.3) is 0 Å². The summed E-state index contributed by atoms with van der Waals surface area (Å²) in [5.74, 6) is 0.237. The van der Waals surface area contributed by atoms with E-state index in [0.29, 0.717) is 27.2 Å². The lowest BCUT2D eigenvalue weighted by molar-refractivity contribution is -0.121. The Bertz CT molecular complexity index is 833. The van der Waals surface area contributed by atoms with E-state index in [1.807, 2.05) is 18.2 Å². The van der Waals surface area contributed by atoms with Crippen LogP contribution in [0.4, 0.5) is 11.4 Å². The van der Waals surface area contributed by atoms with Gasteiger partial charge >= 0.3 is 0 Å². The highest BCUT2D eigenvalue weighted by atomic mass is 35.5. The summed E-state index contributed by atoms with van der Waals surface area (Å²) in [5.41, 5.74) is 2.59. The third-order valence-corrected chi connectivity index (χ3v) is 4.20. The fraction of sp³-hybridized carbons (Fsp3) is 0.0625. The van der Waals surface area contributed by atoms with Gasteiger partial charge in [-0.15, -0.1) is 0 Å². The molecule has 22 heavy (non-hydrogen) atoms. The first-order valence-electron chi connectivity index (χ1n) is 6.66. The summed E-state index contributed by atoms with van der Waals surface area (Å²) in [6, 6.07) is 12.5. The van der Waals surface area contributed by atoms with Gasteiger partial charge in [0.05, 0.1) is 11.4 Å². The van der Waals surface area contributed by atoms with E-state index in [9.17, 15) is 4.79 Å². The highest BCUT2D eigenvalue weighted by Gasteiger charge is 2.39. The third-order valence-electron chi connectivity index (χ3n) is 3.62. The fourth-order valence-electron chi connectivity index (χ4n) is 2.56. The number of carbonyl (C=O) groups is 1. The number of fused-ring (bicyclic) bond motifs is 1. The first-order valence-corrected chi connectivity index (χ1v) is 7.42. The van der Waals surface area contributed by atoms with E-state index in [2.05, 4.69) is 10.6 Å². The number of nitrogens with one attached hydrogen (secondary N) is 2. The summed E-state index contributed by atoms with van der Waals surface area (Å²) < 4.78 is 5.77. The Hall–Kier alpha value is -2.17. The zero-order valence-corrected chi connectivity index (χ0v) is 12.7. The maximum atomic E-state index is 12.6. The second kappa shape index (κ2) is 4.93. The molecule has 2 aliphatic rings. The van der Waals surface area contributed by atoms with Crippen molar-refractivity contribution in [1.29, 1.82) is 0 Å². The van der Waals surface area contributed by atoms with Crippen LogP contribution in [0.3, 0.4) is 0 Å². The predicted molar refractivity (Wildman–Crippen MR) is 86.0 cm³/mol. The lowest BCUT2D eigenvalue weighted by Gasteiger charge is -2.20. The average Bonchev–Trinajstić information content (AvgIpc) is 2.82. The number of carbonyl (C=O) groups excluding carboxylic acids is 1. The predicted octanol–water partition coefficient (Wildman–Crippen LogP) is 4.34. The minimum Gasteiger partial charge on any atom is -0.461 e. The zero-order chi connectivity index (χ0) is 15.3. The third kappa shape index (κ3) is 2.03. The molecule has 0 aliphatic carbocycles. The molecule has 1 unspecified atom stereocenters. The first-order chi connectivity index (χ1) is 10.6. The van der Waals surface area contributed by atoms with Crippen molar-refractivity contribution in [2.45, 2.75) is 6.10 Å². The molecule has 2 N–H and O–H groups in total. The smallest absolute Gasteiger partial charge is 0.229 e. The molecular weight excluding hydrogens is 323 g/mol. The lowest BCUT2D eigenvalue weighted by atomic mass is 10.0. The van der Waals surface area contributed by atoms with E-state index in [0.717, 1.165) is 11.4 Å². The monoisotopic (exact) mass is 332 g/mol. The first kappa shape index (κ1) is 13.5. The Kier molecular flexibility index (Phi) is 3.03. The summed E-state index contributed by atoms with van der Waals surface area (Å²) in [7, 11) is 0. The van der Waals surface area contributed by atoms with Crippen molar-refractivity contribution < 1.29 is 9.53 Å². The molecule has 6 heteroatoms. The highest BCUT2D eigenvalue weighted by Crippen LogP contribution is 2.41. The molecule has 2 aliphatic heterocycles. The van der Waals surface area contributed by atoms with Crippen molar-refractivity contribution in [2.75, 3.05) is 10.6 Å². The normalized spacial score (nSPS) is 19.0. The lowest BCUT2D eigenvalue weighted by Crippen LogP contribution is -2.18. The number of rotatable bonds is 1. The van der Waals surface area contributed by atoms with E-state index >= 15 is 0 Å². The van der Waals surface area contributed by atoms with Crippen molar-refractivity contribution in [1.82, 2.24) is 0 Å². The van der Waals surface area contributed by atoms with Crippen molar-refractivity contribution in [3.63, 3.8) is 0 Å². The standard InChI is InChI=1S/C16H10Cl2N2O2/c17-8-5-6-11-12(7-8)20-16-13(19-11)14(21)15(22-16)9-3-1-2-4-10(9)18/h1-7,15,19-20H. The molecule has 0 radical (unpaired) electrons. The minimum atomic E-state index is -0.747. The van der Waals surface area contributed by atoms with Gasteiger partial charge in [0.1, 0.15) is 5.70 Å². The van der Waals surface area contributed by atoms with E-state index in [4.69, 9.17) is 27.9 Å². The Morgan fingerprint density at radius 1 is 1.00 bits per heavy atom. The molecule has 0 aromatic heterocycles. The van der Waals surface area contributed by atoms with Gasteiger partial charge in [-0.05, 0) is 24.3 Å². The number of Topliss-reactive ketones (excluding diaryl/α,β-unsaturated/α-hetero) is 1. The second-order valence-corrected chi connectivity index (χ2v) is 5.87. The molecule has 0 saturated carbocycles. The van der Waals surface area contributed by atoms with E-state index in [-0.39, 0.29) is 5.78 Å². The number of ether oxygens (including phenoxy) is 1. The Morgan fingerprint density at radius 2 is 1.82 bits per heavy atom. The highest BCUT2D eigenvalue weighted by molar-refractivity contribution is 6.32. The van der Waals surface area contributed by atoms with Crippen LogP contribution in [0.2, 0.25) is 10.0 Å². The molecule has 0 saturated heterocycles. The molecule has 4 nitrogen and oxygen atoms in total. The second-order valence-electron chi connectivity index (χ2n) is 5.03. The molecule has 4 rings (SSSR count). The number of halogens is 2. The summed E-state index contributed by atoms with van der Waals surface area (Å²) in [6.07, 6.45) is -0.747. The molecule has 0 bridgehead atoms. The maximum absolute atomic E-state index is 12.6. The quantitative estimate of drug-likeness (QED) is 0.815. The SMILES string of the molecule is O=C1C2=C(Nc3cc(Cl)ccc3N2)OC1c1ccccc1Cl. The summed E-state index contributed by atoms with van der Waals surface area (Å²) in [5, 5.41) is 7.29.